The number of hydrogen-bond acceptors (Lipinski definition) is 2. The van der Waals surface area contributed by atoms with Gasteiger partial charge in [0.25, 0.3) is 0 Å². The fourth-order valence-electron chi connectivity index (χ4n) is 2.90. The molecule has 2 aromatic carbocycles. The van der Waals surface area contributed by atoms with E-state index in [4.69, 9.17) is 9.47 Å². The highest BCUT2D eigenvalue weighted by molar-refractivity contribution is 5.26. The van der Waals surface area contributed by atoms with Crippen LogP contribution in [0.4, 0.5) is 0 Å². The zero-order valence-corrected chi connectivity index (χ0v) is 14.8. The van der Waals surface area contributed by atoms with E-state index in [2.05, 4.69) is 56.0 Å². The van der Waals surface area contributed by atoms with Gasteiger partial charge in [0.05, 0.1) is 19.3 Å². The Morgan fingerprint density at radius 1 is 0.958 bits per heavy atom. The van der Waals surface area contributed by atoms with E-state index in [9.17, 15) is 0 Å². The molecular formula is C22H28O2. The third-order valence-electron chi connectivity index (χ3n) is 4.41. The molecule has 2 rings (SSSR count). The highest BCUT2D eigenvalue weighted by Gasteiger charge is 2.26. The van der Waals surface area contributed by atoms with E-state index in [0.717, 1.165) is 37.0 Å². The predicted molar refractivity (Wildman–Crippen MR) is 100 cm³/mol. The fourth-order valence-corrected chi connectivity index (χ4v) is 2.90. The van der Waals surface area contributed by atoms with Crippen molar-refractivity contribution in [2.45, 2.75) is 44.8 Å². The maximum atomic E-state index is 6.34. The van der Waals surface area contributed by atoms with E-state index in [0.29, 0.717) is 6.61 Å². The molecule has 0 saturated heterocycles. The molecule has 0 unspecified atom stereocenters. The minimum atomic E-state index is -0.273. The summed E-state index contributed by atoms with van der Waals surface area (Å²) in [5.74, 6) is 0.867. The molecule has 0 saturated carbocycles. The SMILES string of the molecule is C=C[C@@](CCC)(CCc1ccccc1)OCc1ccc(OC)cc1. The van der Waals surface area contributed by atoms with Gasteiger partial charge in [-0.1, -0.05) is 61.9 Å². The van der Waals surface area contributed by atoms with E-state index < -0.39 is 0 Å². The van der Waals surface area contributed by atoms with Crippen molar-refractivity contribution in [3.63, 3.8) is 0 Å². The maximum Gasteiger partial charge on any atom is 0.118 e. The van der Waals surface area contributed by atoms with Crippen LogP contribution in [-0.2, 0) is 17.8 Å². The number of aryl methyl sites for hydroxylation is 1. The summed E-state index contributed by atoms with van der Waals surface area (Å²) >= 11 is 0. The molecule has 128 valence electrons. The van der Waals surface area contributed by atoms with Crippen LogP contribution >= 0.6 is 0 Å². The van der Waals surface area contributed by atoms with Crippen molar-refractivity contribution in [3.05, 3.63) is 78.4 Å². The second kappa shape index (κ2) is 9.29. The molecule has 0 fully saturated rings. The summed E-state index contributed by atoms with van der Waals surface area (Å²) in [7, 11) is 1.68. The van der Waals surface area contributed by atoms with Crippen molar-refractivity contribution < 1.29 is 9.47 Å². The Bertz CT molecular complexity index is 604. The first-order valence-corrected chi connectivity index (χ1v) is 8.66. The molecule has 2 heteroatoms. The maximum absolute atomic E-state index is 6.34. The van der Waals surface area contributed by atoms with Crippen molar-refractivity contribution in [1.82, 2.24) is 0 Å². The Morgan fingerprint density at radius 2 is 1.67 bits per heavy atom. The van der Waals surface area contributed by atoms with Gasteiger partial charge >= 0.3 is 0 Å². The van der Waals surface area contributed by atoms with Crippen molar-refractivity contribution in [1.29, 1.82) is 0 Å². The summed E-state index contributed by atoms with van der Waals surface area (Å²) in [6.45, 7) is 6.84. The molecular weight excluding hydrogens is 296 g/mol. The van der Waals surface area contributed by atoms with Crippen LogP contribution in [0.2, 0.25) is 0 Å². The van der Waals surface area contributed by atoms with Crippen molar-refractivity contribution >= 4 is 0 Å². The molecule has 0 heterocycles. The second-order valence-corrected chi connectivity index (χ2v) is 6.14. The zero-order chi connectivity index (χ0) is 17.3. The monoisotopic (exact) mass is 324 g/mol. The van der Waals surface area contributed by atoms with Crippen LogP contribution in [0.1, 0.15) is 37.3 Å². The van der Waals surface area contributed by atoms with Crippen molar-refractivity contribution in [2.75, 3.05) is 7.11 Å². The average Bonchev–Trinajstić information content (AvgIpc) is 2.65. The third-order valence-corrected chi connectivity index (χ3v) is 4.41. The number of ether oxygens (including phenoxy) is 2. The molecule has 0 bridgehead atoms. The highest BCUT2D eigenvalue weighted by atomic mass is 16.5. The van der Waals surface area contributed by atoms with Crippen LogP contribution in [0.5, 0.6) is 5.75 Å². The molecule has 0 spiro atoms. The number of hydrogen-bond donors (Lipinski definition) is 0. The van der Waals surface area contributed by atoms with Gasteiger partial charge in [-0.15, -0.1) is 6.58 Å². The van der Waals surface area contributed by atoms with Crippen LogP contribution in [0.25, 0.3) is 0 Å². The lowest BCUT2D eigenvalue weighted by atomic mass is 9.90. The summed E-state index contributed by atoms with van der Waals surface area (Å²) in [5.41, 5.74) is 2.22. The van der Waals surface area contributed by atoms with Crippen molar-refractivity contribution in [3.8, 4) is 5.75 Å². The van der Waals surface area contributed by atoms with Gasteiger partial charge in [0.2, 0.25) is 0 Å². The van der Waals surface area contributed by atoms with E-state index in [1.807, 2.05) is 18.2 Å². The average molecular weight is 324 g/mol. The van der Waals surface area contributed by atoms with Gasteiger partial charge < -0.3 is 9.47 Å². The zero-order valence-electron chi connectivity index (χ0n) is 14.8. The first kappa shape index (κ1) is 18.3. The molecule has 0 aliphatic rings. The van der Waals surface area contributed by atoms with Crippen molar-refractivity contribution in [2.24, 2.45) is 0 Å². The largest absolute Gasteiger partial charge is 0.497 e. The van der Waals surface area contributed by atoms with Gasteiger partial charge in [0, 0.05) is 0 Å². The predicted octanol–water partition coefficient (Wildman–Crippen LogP) is 5.57. The Balaban J connectivity index is 2.01. The van der Waals surface area contributed by atoms with Crippen LogP contribution in [-0.4, -0.2) is 12.7 Å². The van der Waals surface area contributed by atoms with Crippen LogP contribution < -0.4 is 4.74 Å². The summed E-state index contributed by atoms with van der Waals surface area (Å²) in [6.07, 6.45) is 5.99. The van der Waals surface area contributed by atoms with Gasteiger partial charge in [0.15, 0.2) is 0 Å². The smallest absolute Gasteiger partial charge is 0.118 e. The van der Waals surface area contributed by atoms with E-state index >= 15 is 0 Å². The Hall–Kier alpha value is -2.06. The van der Waals surface area contributed by atoms with E-state index in [1.165, 1.54) is 5.56 Å². The molecule has 0 amide bonds. The lowest BCUT2D eigenvalue weighted by molar-refractivity contribution is -0.0320. The standard InChI is InChI=1S/C22H28O2/c1-4-16-22(5-2,17-15-19-9-7-6-8-10-19)24-18-20-11-13-21(23-3)14-12-20/h5-14H,2,4,15-18H2,1,3H3/t22-/m1/s1. The van der Waals surface area contributed by atoms with Gasteiger partial charge in [-0.2, -0.15) is 0 Å². The normalized spacial score (nSPS) is 13.2. The highest BCUT2D eigenvalue weighted by Crippen LogP contribution is 2.28. The molecule has 0 aliphatic carbocycles. The van der Waals surface area contributed by atoms with Gasteiger partial charge in [0.1, 0.15) is 5.75 Å². The van der Waals surface area contributed by atoms with Gasteiger partial charge in [-0.3, -0.25) is 0 Å². The summed E-state index contributed by atoms with van der Waals surface area (Å²) in [4.78, 5) is 0. The second-order valence-electron chi connectivity index (χ2n) is 6.14. The number of benzene rings is 2. The summed E-state index contributed by atoms with van der Waals surface area (Å²) in [6, 6.07) is 18.6. The molecule has 24 heavy (non-hydrogen) atoms. The number of rotatable bonds is 10. The molecule has 0 aliphatic heterocycles. The van der Waals surface area contributed by atoms with E-state index in [1.54, 1.807) is 7.11 Å². The Labute approximate surface area is 146 Å². The first-order valence-electron chi connectivity index (χ1n) is 8.66. The lowest BCUT2D eigenvalue weighted by Gasteiger charge is -2.31. The first-order chi connectivity index (χ1) is 11.7. The Morgan fingerprint density at radius 3 is 2.25 bits per heavy atom. The number of methoxy groups -OCH3 is 1. The van der Waals surface area contributed by atoms with Crippen LogP contribution in [0.3, 0.4) is 0 Å². The summed E-state index contributed by atoms with van der Waals surface area (Å²) < 4.78 is 11.5. The molecule has 0 radical (unpaired) electrons. The summed E-state index contributed by atoms with van der Waals surface area (Å²) in [5, 5.41) is 0. The fraction of sp³-hybridized carbons (Fsp3) is 0.364. The van der Waals surface area contributed by atoms with Gasteiger partial charge in [-0.05, 0) is 42.5 Å². The van der Waals surface area contributed by atoms with Gasteiger partial charge in [-0.25, -0.2) is 0 Å². The quantitative estimate of drug-likeness (QED) is 0.532. The molecule has 2 nitrogen and oxygen atoms in total. The third kappa shape index (κ3) is 5.24. The minimum absolute atomic E-state index is 0.273. The molecule has 2 aromatic rings. The minimum Gasteiger partial charge on any atom is -0.497 e. The molecule has 0 aromatic heterocycles. The lowest BCUT2D eigenvalue weighted by Crippen LogP contribution is -2.30. The van der Waals surface area contributed by atoms with Crippen LogP contribution in [0, 0.1) is 0 Å². The van der Waals surface area contributed by atoms with E-state index in [-0.39, 0.29) is 5.60 Å². The van der Waals surface area contributed by atoms with Crippen LogP contribution in [0.15, 0.2) is 67.3 Å². The Kier molecular flexibility index (Phi) is 7.07. The molecule has 0 N–H and O–H groups in total. The topological polar surface area (TPSA) is 18.5 Å². The molecule has 1 atom stereocenters.